The van der Waals surface area contributed by atoms with Gasteiger partial charge >= 0.3 is 0 Å². The molecule has 1 saturated heterocycles. The highest BCUT2D eigenvalue weighted by atomic mass is 16.4. The number of carbonyl (C=O) groups is 2. The first kappa shape index (κ1) is 11.9. The second-order valence-electron chi connectivity index (χ2n) is 3.65. The van der Waals surface area contributed by atoms with Crippen LogP contribution in [0.5, 0.6) is 0 Å². The number of rotatable bonds is 4. The minimum atomic E-state index is -1.33. The maximum absolute atomic E-state index is 11.3. The number of carbonyl (C=O) groups excluding carboxylic acids is 2. The number of hydrogen-bond donors (Lipinski definition) is 2. The van der Waals surface area contributed by atoms with E-state index in [1.54, 1.807) is 0 Å². The molecule has 0 aliphatic carbocycles. The van der Waals surface area contributed by atoms with Crippen LogP contribution in [-0.2, 0) is 9.59 Å². The molecule has 0 aromatic carbocycles. The van der Waals surface area contributed by atoms with Crippen molar-refractivity contribution < 1.29 is 24.7 Å². The summed E-state index contributed by atoms with van der Waals surface area (Å²) in [6.45, 7) is 3.46. The van der Waals surface area contributed by atoms with Crippen LogP contribution in [0.2, 0.25) is 0 Å². The van der Waals surface area contributed by atoms with Gasteiger partial charge in [-0.15, -0.1) is 0 Å². The van der Waals surface area contributed by atoms with Crippen LogP contribution in [0.1, 0.15) is 6.42 Å². The normalized spacial score (nSPS) is 17.8. The topological polar surface area (TPSA) is 85.1 Å². The molecule has 0 aromatic rings. The van der Waals surface area contributed by atoms with E-state index in [1.807, 2.05) is 0 Å². The van der Waals surface area contributed by atoms with Gasteiger partial charge in [-0.2, -0.15) is 0 Å². The lowest BCUT2D eigenvalue weighted by molar-refractivity contribution is -0.904. The number of amides is 1. The highest BCUT2D eigenvalue weighted by molar-refractivity contribution is 5.92. The average molecular weight is 216 g/mol. The monoisotopic (exact) mass is 216 g/mol. The van der Waals surface area contributed by atoms with E-state index in [0.717, 1.165) is 13.1 Å². The molecule has 1 fully saturated rings. The Morgan fingerprint density at radius 3 is 2.40 bits per heavy atom. The van der Waals surface area contributed by atoms with Gasteiger partial charge in [-0.05, 0) is 0 Å². The van der Waals surface area contributed by atoms with Crippen molar-refractivity contribution in [3.8, 4) is 0 Å². The van der Waals surface area contributed by atoms with Gasteiger partial charge in [-0.3, -0.25) is 4.79 Å². The molecule has 2 N–H and O–H groups in total. The van der Waals surface area contributed by atoms with Crippen molar-refractivity contribution in [2.75, 3.05) is 39.3 Å². The second kappa shape index (κ2) is 5.67. The molecule has 0 bridgehead atoms. The van der Waals surface area contributed by atoms with E-state index in [4.69, 9.17) is 5.11 Å². The molecule has 1 rings (SSSR count). The average Bonchev–Trinajstić information content (AvgIpc) is 2.18. The van der Waals surface area contributed by atoms with Crippen molar-refractivity contribution in [2.45, 2.75) is 6.42 Å². The molecule has 0 spiro atoms. The molecular formula is C9H16N2O4. The van der Waals surface area contributed by atoms with E-state index in [9.17, 15) is 14.7 Å². The molecule has 1 aliphatic heterocycles. The molecule has 1 aliphatic rings. The van der Waals surface area contributed by atoms with Crippen LogP contribution in [-0.4, -0.2) is 61.2 Å². The molecule has 0 aromatic heterocycles. The Morgan fingerprint density at radius 1 is 1.33 bits per heavy atom. The third-order valence-electron chi connectivity index (χ3n) is 2.58. The van der Waals surface area contributed by atoms with Gasteiger partial charge in [-0.1, -0.05) is 0 Å². The summed E-state index contributed by atoms with van der Waals surface area (Å²) in [5.41, 5.74) is 0. The predicted molar refractivity (Wildman–Crippen MR) is 48.9 cm³/mol. The Bertz CT molecular complexity index is 236. The highest BCUT2D eigenvalue weighted by Gasteiger charge is 2.22. The number of aliphatic hydroxyl groups is 1. The Hall–Kier alpha value is -1.14. The highest BCUT2D eigenvalue weighted by Crippen LogP contribution is 1.94. The number of hydrogen-bond acceptors (Lipinski definition) is 4. The lowest BCUT2D eigenvalue weighted by atomic mass is 10.3. The summed E-state index contributed by atoms with van der Waals surface area (Å²) in [5.74, 6) is -1.71. The van der Waals surface area contributed by atoms with Crippen molar-refractivity contribution in [1.29, 1.82) is 0 Å². The van der Waals surface area contributed by atoms with Crippen LogP contribution < -0.4 is 10.0 Å². The van der Waals surface area contributed by atoms with Crippen molar-refractivity contribution in [2.24, 2.45) is 0 Å². The smallest absolute Gasteiger partial charge is 0.228 e. The summed E-state index contributed by atoms with van der Waals surface area (Å²) >= 11 is 0. The maximum atomic E-state index is 11.3. The third-order valence-corrected chi connectivity index (χ3v) is 2.58. The van der Waals surface area contributed by atoms with Gasteiger partial charge < -0.3 is 24.8 Å². The van der Waals surface area contributed by atoms with E-state index >= 15 is 0 Å². The summed E-state index contributed by atoms with van der Waals surface area (Å²) in [4.78, 5) is 24.3. The second-order valence-corrected chi connectivity index (χ2v) is 3.65. The van der Waals surface area contributed by atoms with Crippen LogP contribution in [0.15, 0.2) is 0 Å². The molecule has 0 unspecified atom stereocenters. The molecule has 1 heterocycles. The SMILES string of the molecule is O=C([O-])CC(=O)N1CC[NH+](CCO)CC1. The molecule has 0 saturated carbocycles. The van der Waals surface area contributed by atoms with Crippen molar-refractivity contribution >= 4 is 11.9 Å². The molecule has 6 nitrogen and oxygen atoms in total. The fourth-order valence-corrected chi connectivity index (χ4v) is 1.72. The lowest BCUT2D eigenvalue weighted by Gasteiger charge is -2.32. The number of aliphatic hydroxyl groups excluding tert-OH is 1. The van der Waals surface area contributed by atoms with Crippen LogP contribution in [0.3, 0.4) is 0 Å². The molecule has 86 valence electrons. The number of nitrogens with one attached hydrogen (secondary N) is 1. The summed E-state index contributed by atoms with van der Waals surface area (Å²) < 4.78 is 0. The van der Waals surface area contributed by atoms with Crippen molar-refractivity contribution in [1.82, 2.24) is 4.90 Å². The first-order valence-corrected chi connectivity index (χ1v) is 5.05. The Labute approximate surface area is 88.1 Å². The predicted octanol–water partition coefficient (Wildman–Crippen LogP) is -4.15. The Morgan fingerprint density at radius 2 is 1.93 bits per heavy atom. The van der Waals surface area contributed by atoms with Gasteiger partial charge in [0.1, 0.15) is 6.54 Å². The maximum Gasteiger partial charge on any atom is 0.228 e. The lowest BCUT2D eigenvalue weighted by Crippen LogP contribution is -3.15. The van der Waals surface area contributed by atoms with Crippen LogP contribution in [0.4, 0.5) is 0 Å². The van der Waals surface area contributed by atoms with Crippen molar-refractivity contribution in [3.05, 3.63) is 0 Å². The first-order valence-electron chi connectivity index (χ1n) is 5.05. The first-order chi connectivity index (χ1) is 7.13. The van der Waals surface area contributed by atoms with E-state index in [1.165, 1.54) is 9.80 Å². The zero-order valence-corrected chi connectivity index (χ0v) is 8.57. The number of aliphatic carboxylic acids is 1. The summed E-state index contributed by atoms with van der Waals surface area (Å²) in [6.07, 6.45) is -0.532. The van der Waals surface area contributed by atoms with E-state index < -0.39 is 12.4 Å². The third kappa shape index (κ3) is 3.85. The van der Waals surface area contributed by atoms with Gasteiger partial charge in [0.05, 0.1) is 45.2 Å². The van der Waals surface area contributed by atoms with Crippen LogP contribution >= 0.6 is 0 Å². The van der Waals surface area contributed by atoms with E-state index in [-0.39, 0.29) is 12.5 Å². The molecular weight excluding hydrogens is 200 g/mol. The number of carboxylic acids is 1. The summed E-state index contributed by atoms with van der Waals surface area (Å²) in [6, 6.07) is 0. The standard InChI is InChI=1S/C9H16N2O4/c12-6-5-10-1-3-11(4-2-10)8(13)7-9(14)15/h12H,1-7H2,(H,14,15). The van der Waals surface area contributed by atoms with Crippen LogP contribution in [0, 0.1) is 0 Å². The number of piperazine rings is 1. The number of nitrogens with zero attached hydrogens (tertiary/aromatic N) is 1. The zero-order valence-electron chi connectivity index (χ0n) is 8.57. The Balaban J connectivity index is 2.30. The van der Waals surface area contributed by atoms with Crippen LogP contribution in [0.25, 0.3) is 0 Å². The quantitative estimate of drug-likeness (QED) is 0.467. The van der Waals surface area contributed by atoms with E-state index in [0.29, 0.717) is 19.6 Å². The van der Waals surface area contributed by atoms with Gasteiger partial charge in [0, 0.05) is 0 Å². The van der Waals surface area contributed by atoms with E-state index in [2.05, 4.69) is 0 Å². The fourth-order valence-electron chi connectivity index (χ4n) is 1.72. The molecule has 15 heavy (non-hydrogen) atoms. The van der Waals surface area contributed by atoms with Gasteiger partial charge in [-0.25, -0.2) is 0 Å². The molecule has 1 amide bonds. The van der Waals surface area contributed by atoms with Crippen molar-refractivity contribution in [3.63, 3.8) is 0 Å². The summed E-state index contributed by atoms with van der Waals surface area (Å²) in [5, 5.41) is 18.9. The minimum Gasteiger partial charge on any atom is -0.550 e. The molecule has 6 heteroatoms. The van der Waals surface area contributed by atoms with Gasteiger partial charge in [0.15, 0.2) is 0 Å². The fraction of sp³-hybridized carbons (Fsp3) is 0.778. The van der Waals surface area contributed by atoms with Gasteiger partial charge in [0.2, 0.25) is 5.91 Å². The molecule has 0 atom stereocenters. The zero-order chi connectivity index (χ0) is 11.3. The summed E-state index contributed by atoms with van der Waals surface area (Å²) in [7, 11) is 0. The number of quaternary nitrogens is 1. The molecule has 0 radical (unpaired) electrons. The van der Waals surface area contributed by atoms with Gasteiger partial charge in [0.25, 0.3) is 0 Å². The largest absolute Gasteiger partial charge is 0.550 e. The minimum absolute atomic E-state index is 0.141. The Kier molecular flexibility index (Phi) is 4.51. The number of carboxylic acid groups (broad SMARTS) is 1.